The van der Waals surface area contributed by atoms with Crippen molar-refractivity contribution in [2.45, 2.75) is 39.2 Å². The van der Waals surface area contributed by atoms with Gasteiger partial charge in [0.1, 0.15) is 5.82 Å². The largest absolute Gasteiger partial charge is 0.382 e. The highest BCUT2D eigenvalue weighted by Crippen LogP contribution is 2.12. The zero-order chi connectivity index (χ0) is 13.4. The molecule has 5 nitrogen and oxygen atoms in total. The van der Waals surface area contributed by atoms with Crippen molar-refractivity contribution in [3.8, 4) is 0 Å². The first kappa shape index (κ1) is 15.3. The van der Waals surface area contributed by atoms with Gasteiger partial charge in [0.2, 0.25) is 0 Å². The standard InChI is InChI=1S/C12H23N3O2S/c1-10(2)11-13-14-12(18)15(11)6-4-5-7-17-9-8-16-3/h10H,4-9H2,1-3H3,(H,14,18). The molecule has 0 amide bonds. The first-order valence-electron chi connectivity index (χ1n) is 6.38. The smallest absolute Gasteiger partial charge is 0.195 e. The first-order valence-corrected chi connectivity index (χ1v) is 6.79. The van der Waals surface area contributed by atoms with Crippen LogP contribution in [-0.4, -0.2) is 41.7 Å². The van der Waals surface area contributed by atoms with Gasteiger partial charge < -0.3 is 14.0 Å². The number of hydrogen-bond donors (Lipinski definition) is 1. The molecule has 0 saturated carbocycles. The van der Waals surface area contributed by atoms with E-state index in [1.54, 1.807) is 7.11 Å². The van der Waals surface area contributed by atoms with E-state index in [1.807, 2.05) is 0 Å². The van der Waals surface area contributed by atoms with Crippen molar-refractivity contribution in [3.05, 3.63) is 10.6 Å². The molecular formula is C12H23N3O2S. The quantitative estimate of drug-likeness (QED) is 0.555. The lowest BCUT2D eigenvalue weighted by molar-refractivity contribution is 0.0684. The summed E-state index contributed by atoms with van der Waals surface area (Å²) in [5.74, 6) is 1.41. The van der Waals surface area contributed by atoms with Crippen molar-refractivity contribution in [2.75, 3.05) is 26.9 Å². The lowest BCUT2D eigenvalue weighted by atomic mass is 10.2. The molecule has 0 atom stereocenters. The second kappa shape index (κ2) is 8.39. The molecule has 0 spiro atoms. The van der Waals surface area contributed by atoms with Gasteiger partial charge >= 0.3 is 0 Å². The first-order chi connectivity index (χ1) is 8.66. The highest BCUT2D eigenvalue weighted by Gasteiger charge is 2.09. The molecule has 0 aromatic carbocycles. The van der Waals surface area contributed by atoms with Crippen molar-refractivity contribution >= 4 is 12.2 Å². The Hall–Kier alpha value is -0.720. The maximum Gasteiger partial charge on any atom is 0.195 e. The topological polar surface area (TPSA) is 52.1 Å². The number of hydrogen-bond acceptors (Lipinski definition) is 4. The molecule has 1 aromatic rings. The van der Waals surface area contributed by atoms with E-state index in [4.69, 9.17) is 21.7 Å². The summed E-state index contributed by atoms with van der Waals surface area (Å²) in [5.41, 5.74) is 0. The van der Waals surface area contributed by atoms with Gasteiger partial charge in [0, 0.05) is 26.2 Å². The zero-order valence-electron chi connectivity index (χ0n) is 11.4. The van der Waals surface area contributed by atoms with Crippen molar-refractivity contribution in [1.82, 2.24) is 14.8 Å². The van der Waals surface area contributed by atoms with E-state index in [9.17, 15) is 0 Å². The molecule has 0 radical (unpaired) electrons. The Bertz CT molecular complexity index is 387. The van der Waals surface area contributed by atoms with Gasteiger partial charge in [-0.3, -0.25) is 5.10 Å². The monoisotopic (exact) mass is 273 g/mol. The summed E-state index contributed by atoms with van der Waals surface area (Å²) in [6, 6.07) is 0. The Balaban J connectivity index is 2.27. The fraction of sp³-hybridized carbons (Fsp3) is 0.833. The van der Waals surface area contributed by atoms with Crippen LogP contribution in [0.1, 0.15) is 38.4 Å². The molecule has 1 aromatic heterocycles. The van der Waals surface area contributed by atoms with Crippen LogP contribution in [0, 0.1) is 4.77 Å². The van der Waals surface area contributed by atoms with Crippen LogP contribution >= 0.6 is 12.2 Å². The van der Waals surface area contributed by atoms with Gasteiger partial charge in [0.25, 0.3) is 0 Å². The molecule has 0 aliphatic carbocycles. The van der Waals surface area contributed by atoms with Gasteiger partial charge in [-0.25, -0.2) is 0 Å². The van der Waals surface area contributed by atoms with Crippen LogP contribution in [0.15, 0.2) is 0 Å². The summed E-state index contributed by atoms with van der Waals surface area (Å²) in [6.45, 7) is 7.23. The summed E-state index contributed by atoms with van der Waals surface area (Å²) < 4.78 is 13.1. The van der Waals surface area contributed by atoms with Crippen molar-refractivity contribution in [1.29, 1.82) is 0 Å². The van der Waals surface area contributed by atoms with Crippen molar-refractivity contribution < 1.29 is 9.47 Å². The van der Waals surface area contributed by atoms with Crippen LogP contribution in [0.5, 0.6) is 0 Å². The summed E-state index contributed by atoms with van der Waals surface area (Å²) in [5, 5.41) is 7.11. The third-order valence-corrected chi connectivity index (χ3v) is 2.97. The molecule has 104 valence electrons. The van der Waals surface area contributed by atoms with Crippen LogP contribution < -0.4 is 0 Å². The van der Waals surface area contributed by atoms with Crippen molar-refractivity contribution in [2.24, 2.45) is 0 Å². The Morgan fingerprint density at radius 1 is 1.28 bits per heavy atom. The number of nitrogens with one attached hydrogen (secondary N) is 1. The molecule has 0 aliphatic rings. The summed E-state index contributed by atoms with van der Waals surface area (Å²) in [7, 11) is 1.68. The predicted octanol–water partition coefficient (Wildman–Crippen LogP) is 2.51. The number of H-pyrrole nitrogens is 1. The molecule has 1 heterocycles. The highest BCUT2D eigenvalue weighted by molar-refractivity contribution is 7.71. The molecule has 0 aliphatic heterocycles. The molecule has 6 heteroatoms. The number of ether oxygens (including phenoxy) is 2. The molecule has 1 rings (SSSR count). The summed E-state index contributed by atoms with van der Waals surface area (Å²) >= 11 is 5.22. The minimum absolute atomic E-state index is 0.385. The molecule has 0 fully saturated rings. The van der Waals surface area contributed by atoms with Gasteiger partial charge in [-0.1, -0.05) is 13.8 Å². The zero-order valence-corrected chi connectivity index (χ0v) is 12.3. The molecule has 0 unspecified atom stereocenters. The van der Waals surface area contributed by atoms with Crippen LogP contribution in [-0.2, 0) is 16.0 Å². The molecule has 18 heavy (non-hydrogen) atoms. The van der Waals surface area contributed by atoms with Crippen LogP contribution in [0.3, 0.4) is 0 Å². The minimum Gasteiger partial charge on any atom is -0.382 e. The van der Waals surface area contributed by atoms with Gasteiger partial charge in [-0.2, -0.15) is 5.10 Å². The molecule has 0 saturated heterocycles. The third kappa shape index (κ3) is 4.88. The number of methoxy groups -OCH3 is 1. The Labute approximate surface area is 113 Å². The van der Waals surface area contributed by atoms with E-state index in [0.717, 1.165) is 31.8 Å². The van der Waals surface area contributed by atoms with E-state index >= 15 is 0 Å². The lowest BCUT2D eigenvalue weighted by Gasteiger charge is -2.09. The Morgan fingerprint density at radius 3 is 2.72 bits per heavy atom. The summed E-state index contributed by atoms with van der Waals surface area (Å²) in [4.78, 5) is 0. The van der Waals surface area contributed by atoms with Gasteiger partial charge in [0.15, 0.2) is 4.77 Å². The SMILES string of the molecule is COCCOCCCCn1c(C(C)C)n[nH]c1=S. The van der Waals surface area contributed by atoms with Gasteiger partial charge in [0.05, 0.1) is 13.2 Å². The normalized spacial score (nSPS) is 11.3. The van der Waals surface area contributed by atoms with Crippen molar-refractivity contribution in [3.63, 3.8) is 0 Å². The van der Waals surface area contributed by atoms with Gasteiger partial charge in [-0.15, -0.1) is 0 Å². The van der Waals surface area contributed by atoms with E-state index in [1.165, 1.54) is 0 Å². The number of aromatic amines is 1. The molecular weight excluding hydrogens is 250 g/mol. The van der Waals surface area contributed by atoms with E-state index < -0.39 is 0 Å². The van der Waals surface area contributed by atoms with E-state index in [0.29, 0.717) is 23.9 Å². The van der Waals surface area contributed by atoms with Crippen LogP contribution in [0.25, 0.3) is 0 Å². The van der Waals surface area contributed by atoms with E-state index in [-0.39, 0.29) is 0 Å². The second-order valence-corrected chi connectivity index (χ2v) is 4.89. The Morgan fingerprint density at radius 2 is 2.06 bits per heavy atom. The fourth-order valence-corrected chi connectivity index (χ4v) is 1.94. The maximum atomic E-state index is 5.42. The lowest BCUT2D eigenvalue weighted by Crippen LogP contribution is -2.08. The number of aromatic nitrogens is 3. The second-order valence-electron chi connectivity index (χ2n) is 4.51. The number of rotatable bonds is 9. The molecule has 0 bridgehead atoms. The highest BCUT2D eigenvalue weighted by atomic mass is 32.1. The average Bonchev–Trinajstić information content (AvgIpc) is 2.70. The maximum absolute atomic E-state index is 5.42. The molecule has 1 N–H and O–H groups in total. The van der Waals surface area contributed by atoms with E-state index in [2.05, 4.69) is 28.6 Å². The fourth-order valence-electron chi connectivity index (χ4n) is 1.71. The predicted molar refractivity (Wildman–Crippen MR) is 73.4 cm³/mol. The Kier molecular flexibility index (Phi) is 7.15. The summed E-state index contributed by atoms with van der Waals surface area (Å²) in [6.07, 6.45) is 2.06. The van der Waals surface area contributed by atoms with Crippen LogP contribution in [0.2, 0.25) is 0 Å². The average molecular weight is 273 g/mol. The number of unbranched alkanes of at least 4 members (excludes halogenated alkanes) is 1. The minimum atomic E-state index is 0.385. The van der Waals surface area contributed by atoms with Gasteiger partial charge in [-0.05, 0) is 25.1 Å². The third-order valence-electron chi connectivity index (χ3n) is 2.66. The van der Waals surface area contributed by atoms with Crippen LogP contribution in [0.4, 0.5) is 0 Å². The number of nitrogens with zero attached hydrogens (tertiary/aromatic N) is 2.